The number of fused-ring (bicyclic) bond motifs is 2. The number of hydrogen-bond donors (Lipinski definition) is 7. The third-order valence-electron chi connectivity index (χ3n) is 7.62. The van der Waals surface area contributed by atoms with Crippen LogP contribution >= 0.6 is 39.0 Å². The normalized spacial score (nSPS) is 28.9. The first kappa shape index (κ1) is 35.1. The molecule has 2 fully saturated rings. The Balaban J connectivity index is 1.08. The summed E-state index contributed by atoms with van der Waals surface area (Å²) in [4.78, 5) is 25.7. The molecule has 0 bridgehead atoms. The van der Waals surface area contributed by atoms with Gasteiger partial charge in [0.05, 0.1) is 25.9 Å². The first-order valence-electron chi connectivity index (χ1n) is 14.3. The maximum Gasteiger partial charge on any atom is 0.243 e. The van der Waals surface area contributed by atoms with Gasteiger partial charge < -0.3 is 44.5 Å². The van der Waals surface area contributed by atoms with E-state index in [9.17, 15) is 24.4 Å². The van der Waals surface area contributed by atoms with Gasteiger partial charge in [-0.15, -0.1) is 0 Å². The van der Waals surface area contributed by atoms with Crippen LogP contribution < -0.4 is 10.6 Å². The van der Waals surface area contributed by atoms with E-state index < -0.39 is 76.8 Å². The number of hydrogen-bond acceptors (Lipinski definition) is 17. The van der Waals surface area contributed by atoms with Crippen LogP contribution in [0.15, 0.2) is 37.5 Å². The molecule has 19 nitrogen and oxygen atoms in total. The molecule has 10 atom stereocenters. The quantitative estimate of drug-likeness (QED) is 0.0539. The maximum absolute atomic E-state index is 15.2. The highest BCUT2D eigenvalue weighted by Crippen LogP contribution is 2.42. The van der Waals surface area contributed by atoms with Crippen LogP contribution in [0.25, 0.3) is 22.3 Å². The Morgan fingerprint density at radius 3 is 1.83 bits per heavy atom. The van der Waals surface area contributed by atoms with Gasteiger partial charge in [0, 0.05) is 13.1 Å². The molecule has 4 aromatic rings. The number of aromatic nitrogens is 8. The lowest BCUT2D eigenvalue weighted by molar-refractivity contribution is -0.0481. The molecular formula is C24H31FN10O9P2S2. The number of aliphatic hydroxyl groups is 3. The van der Waals surface area contributed by atoms with Gasteiger partial charge in [-0.3, -0.25) is 18.3 Å². The van der Waals surface area contributed by atoms with Gasteiger partial charge in [-0.2, -0.15) is 0 Å². The summed E-state index contributed by atoms with van der Waals surface area (Å²) in [5.41, 5.74) is 1.38. The van der Waals surface area contributed by atoms with E-state index in [1.165, 1.54) is 34.4 Å². The predicted octanol–water partition coefficient (Wildman–Crippen LogP) is 0.934. The summed E-state index contributed by atoms with van der Waals surface area (Å²) in [6, 6.07) is 0. The van der Waals surface area contributed by atoms with Gasteiger partial charge in [0.2, 0.25) is 14.5 Å². The number of nitrogens with one attached hydrogen (secondary N) is 2. The second kappa shape index (κ2) is 15.4. The minimum atomic E-state index is -2.79. The summed E-state index contributed by atoms with van der Waals surface area (Å²) >= 11 is 7.53. The molecule has 4 aromatic heterocycles. The summed E-state index contributed by atoms with van der Waals surface area (Å²) in [7, 11) is -5.53. The number of imidazole rings is 2. The van der Waals surface area contributed by atoms with Crippen molar-refractivity contribution in [1.29, 1.82) is 0 Å². The highest BCUT2D eigenvalue weighted by atomic mass is 32.7. The predicted molar refractivity (Wildman–Crippen MR) is 175 cm³/mol. The lowest BCUT2D eigenvalue weighted by Gasteiger charge is -2.20. The Morgan fingerprint density at radius 2 is 1.31 bits per heavy atom. The summed E-state index contributed by atoms with van der Waals surface area (Å²) in [5, 5.41) is 36.0. The van der Waals surface area contributed by atoms with E-state index in [1.807, 2.05) is 12.2 Å². The minimum absolute atomic E-state index is 0.274. The highest BCUT2D eigenvalue weighted by molar-refractivity contribution is 8.39. The van der Waals surface area contributed by atoms with Crippen molar-refractivity contribution in [2.24, 2.45) is 0 Å². The molecule has 24 heteroatoms. The van der Waals surface area contributed by atoms with Gasteiger partial charge in [0.25, 0.3) is 0 Å². The number of rotatable bonds is 14. The van der Waals surface area contributed by atoms with E-state index in [-0.39, 0.29) is 5.65 Å². The summed E-state index contributed by atoms with van der Waals surface area (Å²) in [6.07, 6.45) is -0.590. The van der Waals surface area contributed by atoms with Crippen molar-refractivity contribution in [1.82, 2.24) is 39.0 Å². The smallest absolute Gasteiger partial charge is 0.243 e. The van der Waals surface area contributed by atoms with E-state index in [0.717, 1.165) is 0 Å². The van der Waals surface area contributed by atoms with Crippen molar-refractivity contribution in [2.45, 2.75) is 49.1 Å². The molecule has 2 aliphatic rings. The van der Waals surface area contributed by atoms with Crippen LogP contribution in [0.1, 0.15) is 12.5 Å². The standard InChI is InChI=1S/C24H31FN10O9P2S2/c25-13-17(43-45(39)47)12(6-37)42-23(13)34-9-32-14-19(28-7-30-21(14)34)26-3-1-2-4-27-20-15-22(31-8-29-20)35(10-33-15)24-18(44-46(40)48)16(38)11(5-36)41-24/h1-2,7-13,16-18,23-24,36-38,45-46H,3-6H2,(H,39,47)(H,40,48)(H,26,28,30)(H,27,29,31)/b2-1+/t11?,12?,13-,16-,17-,18-,23-,24?/m1/s1. The van der Waals surface area contributed by atoms with Crippen LogP contribution in [0.5, 0.6) is 0 Å². The van der Waals surface area contributed by atoms with Crippen LogP contribution in [-0.4, -0.2) is 117 Å². The monoisotopic (exact) mass is 748 g/mol. The van der Waals surface area contributed by atoms with Crippen molar-refractivity contribution in [2.75, 3.05) is 36.9 Å². The summed E-state index contributed by atoms with van der Waals surface area (Å²) < 4.78 is 63.1. The Morgan fingerprint density at radius 1 is 0.812 bits per heavy atom. The molecule has 0 spiro atoms. The molecule has 0 radical (unpaired) electrons. The van der Waals surface area contributed by atoms with Gasteiger partial charge in [0.15, 0.2) is 52.6 Å². The average molecular weight is 749 g/mol. The lowest BCUT2D eigenvalue weighted by atomic mass is 10.1. The average Bonchev–Trinajstić information content (AvgIpc) is 3.83. The number of aliphatic hydroxyl groups excluding tert-OH is 3. The molecule has 0 aromatic carbocycles. The number of thiol groups is 2. The number of alkyl halides is 1. The van der Waals surface area contributed by atoms with E-state index in [1.54, 1.807) is 0 Å². The molecule has 5 N–H and O–H groups in total. The van der Waals surface area contributed by atoms with Crippen molar-refractivity contribution >= 4 is 72.9 Å². The van der Waals surface area contributed by atoms with Crippen molar-refractivity contribution in [3.8, 4) is 0 Å². The number of anilines is 2. The van der Waals surface area contributed by atoms with Crippen LogP contribution in [0.3, 0.4) is 0 Å². The topological polar surface area (TPSA) is 243 Å². The molecular weight excluding hydrogens is 717 g/mol. The zero-order valence-corrected chi connectivity index (χ0v) is 28.3. The number of nitrogens with zero attached hydrogens (tertiary/aromatic N) is 8. The highest BCUT2D eigenvalue weighted by Gasteiger charge is 2.48. The SMILES string of the molecule is O=[PH](S)O[C@@H]1C(CO)O[C@@H](n2cnc3c(NC/C=C/CNc4ncnc5c4ncn5C4OC(CO)[C@@H](O)[C@H]4O[PH](=O)S)ncnc32)[C@@H]1F. The third-order valence-corrected chi connectivity index (χ3v) is 9.20. The van der Waals surface area contributed by atoms with E-state index in [4.69, 9.17) is 18.5 Å². The molecule has 2 saturated heterocycles. The fraction of sp³-hybridized carbons (Fsp3) is 0.500. The Bertz CT molecular complexity index is 1820. The van der Waals surface area contributed by atoms with Crippen LogP contribution in [0, 0.1) is 0 Å². The van der Waals surface area contributed by atoms with Gasteiger partial charge in [-0.25, -0.2) is 34.3 Å². The Kier molecular flexibility index (Phi) is 11.3. The first-order valence-corrected chi connectivity index (χ1v) is 19.5. The Labute approximate surface area is 282 Å². The molecule has 0 aliphatic carbocycles. The van der Waals surface area contributed by atoms with Gasteiger partial charge in [0.1, 0.15) is 43.2 Å². The van der Waals surface area contributed by atoms with Crippen LogP contribution in [0.4, 0.5) is 16.0 Å². The molecule has 48 heavy (non-hydrogen) atoms. The number of halogens is 1. The van der Waals surface area contributed by atoms with Crippen molar-refractivity contribution in [3.05, 3.63) is 37.5 Å². The van der Waals surface area contributed by atoms with Gasteiger partial charge >= 0.3 is 0 Å². The molecule has 2 aliphatic heterocycles. The van der Waals surface area contributed by atoms with Gasteiger partial charge in [-0.05, 0) is 0 Å². The fourth-order valence-corrected chi connectivity index (χ4v) is 7.21. The maximum atomic E-state index is 15.2. The summed E-state index contributed by atoms with van der Waals surface area (Å²) in [6.45, 7) is -0.347. The van der Waals surface area contributed by atoms with Crippen molar-refractivity contribution < 1.29 is 47.4 Å². The molecule has 6 rings (SSSR count). The molecule has 260 valence electrons. The number of ether oxygens (including phenoxy) is 2. The second-order valence-electron chi connectivity index (χ2n) is 10.5. The van der Waals surface area contributed by atoms with E-state index >= 15 is 4.39 Å². The molecule has 5 unspecified atom stereocenters. The molecule has 6 heterocycles. The van der Waals surface area contributed by atoms with Crippen molar-refractivity contribution in [3.63, 3.8) is 0 Å². The lowest BCUT2D eigenvalue weighted by Crippen LogP contribution is -2.34. The third kappa shape index (κ3) is 7.10. The van der Waals surface area contributed by atoms with E-state index in [2.05, 4.69) is 65.0 Å². The van der Waals surface area contributed by atoms with E-state index in [0.29, 0.717) is 41.4 Å². The van der Waals surface area contributed by atoms with Crippen LogP contribution in [-0.2, 0) is 27.7 Å². The second-order valence-corrected chi connectivity index (χ2v) is 14.2. The molecule has 0 saturated carbocycles. The fourth-order valence-electron chi connectivity index (χ4n) is 5.47. The minimum Gasteiger partial charge on any atom is -0.394 e. The Hall–Kier alpha value is -2.75. The zero-order chi connectivity index (χ0) is 33.9. The van der Waals surface area contributed by atoms with Crippen LogP contribution in [0.2, 0.25) is 0 Å². The largest absolute Gasteiger partial charge is 0.394 e. The summed E-state index contributed by atoms with van der Waals surface area (Å²) in [5.74, 6) is 0.794. The zero-order valence-electron chi connectivity index (χ0n) is 24.6. The first-order chi connectivity index (χ1) is 23.2. The molecule has 0 amide bonds. The van der Waals surface area contributed by atoms with Gasteiger partial charge in [-0.1, -0.05) is 36.6 Å².